The lowest BCUT2D eigenvalue weighted by Gasteiger charge is -2.28. The second-order valence-electron chi connectivity index (χ2n) is 6.23. The number of carbonyl (C=O) groups is 1. The second-order valence-corrected chi connectivity index (χ2v) is 6.23. The number of likely N-dealkylation sites (N-methyl/N-ethyl adjacent to an activating group) is 1. The maximum atomic E-state index is 12.1. The van der Waals surface area contributed by atoms with Gasteiger partial charge >= 0.3 is 6.09 Å². The lowest BCUT2D eigenvalue weighted by molar-refractivity contribution is 0.0358. The molecule has 0 radical (unpaired) electrons. The molecule has 2 N–H and O–H groups in total. The summed E-state index contributed by atoms with van der Waals surface area (Å²) in [5.41, 5.74) is 7.86. The minimum absolute atomic E-state index is 0.360. The van der Waals surface area contributed by atoms with Gasteiger partial charge in [0, 0.05) is 36.9 Å². The van der Waals surface area contributed by atoms with Crippen LogP contribution in [-0.2, 0) is 4.74 Å². The lowest BCUT2D eigenvalue weighted by atomic mass is 10.2. The van der Waals surface area contributed by atoms with Crippen LogP contribution in [0, 0.1) is 0 Å². The van der Waals surface area contributed by atoms with Crippen LogP contribution in [0.2, 0.25) is 0 Å². The van der Waals surface area contributed by atoms with Crippen molar-refractivity contribution < 1.29 is 9.53 Å². The highest BCUT2D eigenvalue weighted by Gasteiger charge is 2.22. The van der Waals surface area contributed by atoms with Crippen molar-refractivity contribution in [1.82, 2.24) is 4.90 Å². The molecule has 0 spiro atoms. The average Bonchev–Trinajstić information content (AvgIpc) is 2.45. The van der Waals surface area contributed by atoms with Crippen LogP contribution in [0.4, 0.5) is 16.2 Å². The standard InChI is InChI=1S/C17H23N3O2/c1-17(2,3)22-16(21)19(4)14-8-10-20(11-9-14)15-7-5-6-13(18)12-15/h5-10,12H,11,18H2,1-4H3. The van der Waals surface area contributed by atoms with Crippen LogP contribution in [0.25, 0.3) is 0 Å². The topological polar surface area (TPSA) is 58.8 Å². The molecule has 0 unspecified atom stereocenters. The fraction of sp³-hybridized carbons (Fsp3) is 0.353. The predicted molar refractivity (Wildman–Crippen MR) is 89.4 cm³/mol. The molecular formula is C17H23N3O2. The first-order chi connectivity index (χ1) is 10.3. The van der Waals surface area contributed by atoms with E-state index in [2.05, 4.69) is 4.90 Å². The van der Waals surface area contributed by atoms with Crippen molar-refractivity contribution in [2.75, 3.05) is 24.2 Å². The Hall–Kier alpha value is -2.43. The van der Waals surface area contributed by atoms with Gasteiger partial charge in [-0.25, -0.2) is 4.79 Å². The van der Waals surface area contributed by atoms with E-state index in [0.717, 1.165) is 17.1 Å². The van der Waals surface area contributed by atoms with Crippen LogP contribution in [0.1, 0.15) is 20.8 Å². The smallest absolute Gasteiger partial charge is 0.414 e. The summed E-state index contributed by atoms with van der Waals surface area (Å²) in [7, 11) is 1.71. The first-order valence-electron chi connectivity index (χ1n) is 7.23. The number of ether oxygens (including phenoxy) is 1. The number of amides is 1. The molecule has 0 atom stereocenters. The van der Waals surface area contributed by atoms with Gasteiger partial charge in [0.15, 0.2) is 0 Å². The number of rotatable bonds is 2. The Morgan fingerprint density at radius 1 is 1.36 bits per heavy atom. The summed E-state index contributed by atoms with van der Waals surface area (Å²) in [6.45, 7) is 6.23. The fourth-order valence-electron chi connectivity index (χ4n) is 2.07. The summed E-state index contributed by atoms with van der Waals surface area (Å²) in [6, 6.07) is 7.69. The monoisotopic (exact) mass is 301 g/mol. The van der Waals surface area contributed by atoms with Gasteiger partial charge in [0.05, 0.1) is 0 Å². The molecule has 22 heavy (non-hydrogen) atoms. The van der Waals surface area contributed by atoms with E-state index in [1.807, 2.05) is 63.4 Å². The van der Waals surface area contributed by atoms with Crippen molar-refractivity contribution in [3.63, 3.8) is 0 Å². The van der Waals surface area contributed by atoms with E-state index in [-0.39, 0.29) is 6.09 Å². The SMILES string of the molecule is CN(C(=O)OC(C)(C)C)C1=CCN(c2cccc(N)c2)C=C1. The Balaban J connectivity index is 2.03. The van der Waals surface area contributed by atoms with Gasteiger partial charge in [0.2, 0.25) is 0 Å². The van der Waals surface area contributed by atoms with Gasteiger partial charge in [-0.2, -0.15) is 0 Å². The van der Waals surface area contributed by atoms with E-state index < -0.39 is 5.60 Å². The van der Waals surface area contributed by atoms with Gasteiger partial charge in [-0.1, -0.05) is 6.07 Å². The summed E-state index contributed by atoms with van der Waals surface area (Å²) in [5, 5.41) is 0. The number of hydrogen-bond acceptors (Lipinski definition) is 4. The molecule has 0 bridgehead atoms. The molecular weight excluding hydrogens is 278 g/mol. The van der Waals surface area contributed by atoms with Crippen molar-refractivity contribution in [2.24, 2.45) is 0 Å². The first-order valence-corrected chi connectivity index (χ1v) is 7.23. The van der Waals surface area contributed by atoms with Crippen LogP contribution in [0.3, 0.4) is 0 Å². The number of allylic oxidation sites excluding steroid dienone is 1. The number of nitrogens with two attached hydrogens (primary N) is 1. The zero-order chi connectivity index (χ0) is 16.3. The molecule has 5 heteroatoms. The van der Waals surface area contributed by atoms with Gasteiger partial charge in [-0.3, -0.25) is 4.90 Å². The molecule has 1 aliphatic heterocycles. The van der Waals surface area contributed by atoms with Crippen LogP contribution in [0.15, 0.2) is 48.3 Å². The van der Waals surface area contributed by atoms with E-state index in [0.29, 0.717) is 6.54 Å². The molecule has 118 valence electrons. The Kier molecular flexibility index (Phi) is 4.45. The molecule has 1 aromatic carbocycles. The molecule has 0 saturated heterocycles. The highest BCUT2D eigenvalue weighted by molar-refractivity contribution is 5.71. The number of benzene rings is 1. The van der Waals surface area contributed by atoms with Crippen LogP contribution >= 0.6 is 0 Å². The molecule has 0 saturated carbocycles. The number of nitrogens with zero attached hydrogens (tertiary/aromatic N) is 2. The molecule has 1 aromatic rings. The number of anilines is 2. The molecule has 0 aromatic heterocycles. The summed E-state index contributed by atoms with van der Waals surface area (Å²) >= 11 is 0. The minimum Gasteiger partial charge on any atom is -0.443 e. The third-order valence-electron chi connectivity index (χ3n) is 3.18. The van der Waals surface area contributed by atoms with Gasteiger partial charge in [-0.05, 0) is 51.1 Å². The van der Waals surface area contributed by atoms with Crippen molar-refractivity contribution in [3.05, 3.63) is 48.3 Å². The Morgan fingerprint density at radius 3 is 2.64 bits per heavy atom. The highest BCUT2D eigenvalue weighted by Crippen LogP contribution is 2.22. The largest absolute Gasteiger partial charge is 0.443 e. The van der Waals surface area contributed by atoms with Gasteiger partial charge in [0.25, 0.3) is 0 Å². The third-order valence-corrected chi connectivity index (χ3v) is 3.18. The Bertz CT molecular complexity index is 615. The molecule has 5 nitrogen and oxygen atoms in total. The third kappa shape index (κ3) is 4.04. The van der Waals surface area contributed by atoms with E-state index in [9.17, 15) is 4.79 Å². The van der Waals surface area contributed by atoms with Crippen LogP contribution < -0.4 is 10.6 Å². The molecule has 2 rings (SSSR count). The van der Waals surface area contributed by atoms with E-state index in [1.54, 1.807) is 7.05 Å². The van der Waals surface area contributed by atoms with Gasteiger partial charge in [-0.15, -0.1) is 0 Å². The summed E-state index contributed by atoms with van der Waals surface area (Å²) < 4.78 is 5.36. The van der Waals surface area contributed by atoms with Crippen LogP contribution in [0.5, 0.6) is 0 Å². The van der Waals surface area contributed by atoms with Crippen molar-refractivity contribution >= 4 is 17.5 Å². The molecule has 0 aliphatic carbocycles. The molecule has 1 amide bonds. The lowest BCUT2D eigenvalue weighted by Crippen LogP contribution is -2.34. The van der Waals surface area contributed by atoms with E-state index in [4.69, 9.17) is 10.5 Å². The maximum Gasteiger partial charge on any atom is 0.414 e. The average molecular weight is 301 g/mol. The fourth-order valence-corrected chi connectivity index (χ4v) is 2.07. The molecule has 1 aliphatic rings. The van der Waals surface area contributed by atoms with Crippen molar-refractivity contribution in [2.45, 2.75) is 26.4 Å². The molecule has 1 heterocycles. The first kappa shape index (κ1) is 15.9. The van der Waals surface area contributed by atoms with E-state index >= 15 is 0 Å². The quantitative estimate of drug-likeness (QED) is 0.851. The zero-order valence-corrected chi connectivity index (χ0v) is 13.5. The number of carbonyl (C=O) groups excluding carboxylic acids is 1. The zero-order valence-electron chi connectivity index (χ0n) is 13.5. The van der Waals surface area contributed by atoms with Crippen molar-refractivity contribution in [3.8, 4) is 0 Å². The molecule has 0 fully saturated rings. The predicted octanol–water partition coefficient (Wildman–Crippen LogP) is 3.35. The van der Waals surface area contributed by atoms with Crippen LogP contribution in [-0.4, -0.2) is 30.2 Å². The van der Waals surface area contributed by atoms with Crippen molar-refractivity contribution in [1.29, 1.82) is 0 Å². The summed E-state index contributed by atoms with van der Waals surface area (Å²) in [5.74, 6) is 0. The normalized spacial score (nSPS) is 14.5. The maximum absolute atomic E-state index is 12.1. The Labute approximate surface area is 131 Å². The highest BCUT2D eigenvalue weighted by atomic mass is 16.6. The number of hydrogen-bond donors (Lipinski definition) is 1. The summed E-state index contributed by atoms with van der Waals surface area (Å²) in [6.07, 6.45) is 5.44. The minimum atomic E-state index is -0.502. The second kappa shape index (κ2) is 6.13. The Morgan fingerprint density at radius 2 is 2.09 bits per heavy atom. The summed E-state index contributed by atoms with van der Waals surface area (Å²) in [4.78, 5) is 15.6. The van der Waals surface area contributed by atoms with E-state index in [1.165, 1.54) is 4.90 Å². The van der Waals surface area contributed by atoms with Gasteiger partial charge in [0.1, 0.15) is 5.60 Å². The number of nitrogen functional groups attached to an aromatic ring is 1. The van der Waals surface area contributed by atoms with Gasteiger partial charge < -0.3 is 15.4 Å².